The Bertz CT molecular complexity index is 607. The van der Waals surface area contributed by atoms with Gasteiger partial charge in [-0.2, -0.15) is 13.2 Å². The van der Waals surface area contributed by atoms with Crippen molar-refractivity contribution < 1.29 is 27.5 Å². The predicted molar refractivity (Wildman–Crippen MR) is 85.1 cm³/mol. The van der Waals surface area contributed by atoms with Crippen molar-refractivity contribution in [3.05, 3.63) is 35.4 Å². The maximum Gasteiger partial charge on any atom is 0.416 e. The lowest BCUT2D eigenvalue weighted by Gasteiger charge is -2.34. The van der Waals surface area contributed by atoms with Crippen molar-refractivity contribution in [1.82, 2.24) is 9.80 Å². The number of nitrogens with zero attached hydrogens (tertiary/aromatic N) is 2. The van der Waals surface area contributed by atoms with Crippen LogP contribution in [0.4, 0.5) is 18.0 Å². The van der Waals surface area contributed by atoms with Crippen LogP contribution in [-0.4, -0.2) is 54.6 Å². The minimum Gasteiger partial charge on any atom is -0.449 e. The van der Waals surface area contributed by atoms with E-state index in [-0.39, 0.29) is 17.4 Å². The maximum absolute atomic E-state index is 12.6. The van der Waals surface area contributed by atoms with Crippen molar-refractivity contribution in [2.24, 2.45) is 5.92 Å². The second-order valence-electron chi connectivity index (χ2n) is 6.33. The largest absolute Gasteiger partial charge is 0.449 e. The number of carbonyl (C=O) groups is 2. The molecule has 1 saturated heterocycles. The maximum atomic E-state index is 12.6. The third-order valence-corrected chi connectivity index (χ3v) is 3.82. The van der Waals surface area contributed by atoms with Crippen LogP contribution in [0, 0.1) is 5.92 Å². The number of piperazine rings is 1. The molecule has 0 aliphatic carbocycles. The van der Waals surface area contributed by atoms with Gasteiger partial charge in [-0.3, -0.25) is 4.79 Å². The van der Waals surface area contributed by atoms with Crippen LogP contribution in [-0.2, 0) is 10.9 Å². The van der Waals surface area contributed by atoms with Gasteiger partial charge in [0.1, 0.15) is 0 Å². The van der Waals surface area contributed by atoms with Crippen LogP contribution in [0.2, 0.25) is 0 Å². The third kappa shape index (κ3) is 5.11. The molecule has 1 heterocycles. The summed E-state index contributed by atoms with van der Waals surface area (Å²) in [6.45, 7) is 5.52. The molecule has 1 fully saturated rings. The molecule has 0 unspecified atom stereocenters. The predicted octanol–water partition coefficient (Wildman–Crippen LogP) is 3.26. The average molecular weight is 358 g/mol. The SMILES string of the molecule is CC(C)COC(=O)N1CCN(C(=O)c2ccc(C(F)(F)F)cc2)CC1. The van der Waals surface area contributed by atoms with Crippen molar-refractivity contribution in [2.75, 3.05) is 32.8 Å². The van der Waals surface area contributed by atoms with E-state index in [1.54, 1.807) is 0 Å². The number of halogens is 3. The summed E-state index contributed by atoms with van der Waals surface area (Å²) >= 11 is 0. The van der Waals surface area contributed by atoms with Crippen LogP contribution in [0.1, 0.15) is 29.8 Å². The van der Waals surface area contributed by atoms with Crippen LogP contribution in [0.5, 0.6) is 0 Å². The number of amides is 2. The lowest BCUT2D eigenvalue weighted by molar-refractivity contribution is -0.137. The van der Waals surface area contributed by atoms with Gasteiger partial charge in [0.25, 0.3) is 5.91 Å². The zero-order chi connectivity index (χ0) is 18.6. The molecule has 138 valence electrons. The van der Waals surface area contributed by atoms with Gasteiger partial charge in [0, 0.05) is 31.7 Å². The second-order valence-corrected chi connectivity index (χ2v) is 6.33. The first-order valence-corrected chi connectivity index (χ1v) is 8.06. The van der Waals surface area contributed by atoms with Gasteiger partial charge in [-0.05, 0) is 30.2 Å². The topological polar surface area (TPSA) is 49.9 Å². The highest BCUT2D eigenvalue weighted by Crippen LogP contribution is 2.29. The highest BCUT2D eigenvalue weighted by molar-refractivity contribution is 5.94. The molecule has 25 heavy (non-hydrogen) atoms. The van der Waals surface area contributed by atoms with Crippen LogP contribution < -0.4 is 0 Å². The number of hydrogen-bond acceptors (Lipinski definition) is 3. The van der Waals surface area contributed by atoms with E-state index >= 15 is 0 Å². The molecular formula is C17H21F3N2O3. The Balaban J connectivity index is 1.90. The summed E-state index contributed by atoms with van der Waals surface area (Å²) < 4.78 is 42.8. The van der Waals surface area contributed by atoms with Gasteiger partial charge in [-0.25, -0.2) is 4.79 Å². The molecule has 1 aliphatic rings. The lowest BCUT2D eigenvalue weighted by Crippen LogP contribution is -2.50. The number of hydrogen-bond donors (Lipinski definition) is 0. The fourth-order valence-corrected chi connectivity index (χ4v) is 2.41. The number of rotatable bonds is 3. The Hall–Kier alpha value is -2.25. The summed E-state index contributed by atoms with van der Waals surface area (Å²) in [6, 6.07) is 4.14. The molecular weight excluding hydrogens is 337 g/mol. The summed E-state index contributed by atoms with van der Waals surface area (Å²) in [5, 5.41) is 0. The number of ether oxygens (including phenoxy) is 1. The molecule has 0 bridgehead atoms. The van der Waals surface area contributed by atoms with Crippen molar-refractivity contribution in [2.45, 2.75) is 20.0 Å². The zero-order valence-corrected chi connectivity index (χ0v) is 14.2. The standard InChI is InChI=1S/C17H21F3N2O3/c1-12(2)11-25-16(24)22-9-7-21(8-10-22)15(23)13-3-5-14(6-4-13)17(18,19)20/h3-6,12H,7-11H2,1-2H3. The Morgan fingerprint density at radius 1 is 1.04 bits per heavy atom. The normalized spacial score (nSPS) is 15.4. The van der Waals surface area contributed by atoms with Gasteiger partial charge in [-0.1, -0.05) is 13.8 Å². The van der Waals surface area contributed by atoms with Crippen LogP contribution in [0.15, 0.2) is 24.3 Å². The van der Waals surface area contributed by atoms with E-state index in [4.69, 9.17) is 4.74 Å². The summed E-state index contributed by atoms with van der Waals surface area (Å²) in [4.78, 5) is 27.3. The molecule has 0 spiro atoms. The van der Waals surface area contributed by atoms with E-state index in [1.165, 1.54) is 21.9 Å². The Morgan fingerprint density at radius 2 is 1.56 bits per heavy atom. The summed E-state index contributed by atoms with van der Waals surface area (Å²) in [5.74, 6) is -0.101. The van der Waals surface area contributed by atoms with Gasteiger partial charge in [0.2, 0.25) is 0 Å². The van der Waals surface area contributed by atoms with Gasteiger partial charge in [-0.15, -0.1) is 0 Å². The van der Waals surface area contributed by atoms with E-state index in [2.05, 4.69) is 0 Å². The van der Waals surface area contributed by atoms with Gasteiger partial charge in [0.05, 0.1) is 12.2 Å². The first-order chi connectivity index (χ1) is 11.7. The Kier molecular flexibility index (Phi) is 5.92. The second kappa shape index (κ2) is 7.76. The van der Waals surface area contributed by atoms with Gasteiger partial charge < -0.3 is 14.5 Å². The van der Waals surface area contributed by atoms with E-state index in [9.17, 15) is 22.8 Å². The molecule has 8 heteroatoms. The van der Waals surface area contributed by atoms with Gasteiger partial charge >= 0.3 is 12.3 Å². The van der Waals surface area contributed by atoms with Crippen molar-refractivity contribution in [3.63, 3.8) is 0 Å². The van der Waals surface area contributed by atoms with Crippen molar-refractivity contribution >= 4 is 12.0 Å². The molecule has 5 nitrogen and oxygen atoms in total. The van der Waals surface area contributed by atoms with Gasteiger partial charge in [0.15, 0.2) is 0 Å². The summed E-state index contributed by atoms with van der Waals surface area (Å²) in [7, 11) is 0. The first kappa shape index (κ1) is 19.1. The van der Waals surface area contributed by atoms with Crippen LogP contribution in [0.3, 0.4) is 0 Å². The molecule has 0 radical (unpaired) electrons. The minimum absolute atomic E-state index is 0.198. The Labute approximate surface area is 144 Å². The fourth-order valence-electron chi connectivity index (χ4n) is 2.41. The van der Waals surface area contributed by atoms with E-state index < -0.39 is 17.8 Å². The molecule has 0 atom stereocenters. The van der Waals surface area contributed by atoms with Crippen LogP contribution in [0.25, 0.3) is 0 Å². The number of alkyl halides is 3. The molecule has 0 saturated carbocycles. The van der Waals surface area contributed by atoms with E-state index in [0.717, 1.165) is 12.1 Å². The molecule has 1 aromatic carbocycles. The van der Waals surface area contributed by atoms with Crippen molar-refractivity contribution in [1.29, 1.82) is 0 Å². The quantitative estimate of drug-likeness (QED) is 0.833. The number of benzene rings is 1. The van der Waals surface area contributed by atoms with Crippen molar-refractivity contribution in [3.8, 4) is 0 Å². The zero-order valence-electron chi connectivity index (χ0n) is 14.2. The highest BCUT2D eigenvalue weighted by Gasteiger charge is 2.31. The monoisotopic (exact) mass is 358 g/mol. The van der Waals surface area contributed by atoms with Crippen LogP contribution >= 0.6 is 0 Å². The Morgan fingerprint density at radius 3 is 2.04 bits per heavy atom. The fraction of sp³-hybridized carbons (Fsp3) is 0.529. The number of carbonyl (C=O) groups excluding carboxylic acids is 2. The summed E-state index contributed by atoms with van der Waals surface area (Å²) in [5.41, 5.74) is -0.592. The van der Waals surface area contributed by atoms with E-state index in [1.807, 2.05) is 13.8 Å². The summed E-state index contributed by atoms with van der Waals surface area (Å²) in [6.07, 6.45) is -4.83. The molecule has 0 N–H and O–H groups in total. The average Bonchev–Trinajstić information content (AvgIpc) is 2.58. The minimum atomic E-state index is -4.43. The molecule has 1 aromatic rings. The third-order valence-electron chi connectivity index (χ3n) is 3.82. The van der Waals surface area contributed by atoms with E-state index in [0.29, 0.717) is 32.8 Å². The highest BCUT2D eigenvalue weighted by atomic mass is 19.4. The lowest BCUT2D eigenvalue weighted by atomic mass is 10.1. The molecule has 1 aliphatic heterocycles. The molecule has 2 rings (SSSR count). The molecule has 0 aromatic heterocycles. The first-order valence-electron chi connectivity index (χ1n) is 8.06. The smallest absolute Gasteiger partial charge is 0.416 e. The molecule has 2 amide bonds.